The number of nitrogens with zero attached hydrogens (tertiary/aromatic N) is 2. The maximum Gasteiger partial charge on any atom is 0.434 e. The van der Waals surface area contributed by atoms with E-state index in [0.717, 1.165) is 4.68 Å². The van der Waals surface area contributed by atoms with E-state index in [1.165, 1.54) is 7.05 Å². The average Bonchev–Trinajstić information content (AvgIpc) is 2.08. The van der Waals surface area contributed by atoms with Crippen LogP contribution in [-0.4, -0.2) is 9.78 Å². The van der Waals surface area contributed by atoms with Gasteiger partial charge in [0.15, 0.2) is 5.69 Å². The Morgan fingerprint density at radius 2 is 2.09 bits per heavy atom. The Morgan fingerprint density at radius 3 is 2.27 bits per heavy atom. The van der Waals surface area contributed by atoms with Crippen molar-refractivity contribution in [2.24, 2.45) is 7.05 Å². The molecule has 0 bridgehead atoms. The molecule has 1 radical (unpaired) electrons. The number of aryl methyl sites for hydroxylation is 1. The summed E-state index contributed by atoms with van der Waals surface area (Å²) in [6.07, 6.45) is -2.22. The summed E-state index contributed by atoms with van der Waals surface area (Å²) in [5, 5.41) is 3.31. The van der Waals surface area contributed by atoms with Crippen molar-refractivity contribution in [1.29, 1.82) is 0 Å². The van der Waals surface area contributed by atoms with Crippen LogP contribution < -0.4 is 0 Å². The molecule has 11 heavy (non-hydrogen) atoms. The Hall–Kier alpha value is -0.520. The first-order chi connectivity index (χ1) is 4.93. The van der Waals surface area contributed by atoms with Gasteiger partial charge >= 0.3 is 6.18 Å². The predicted octanol–water partition coefficient (Wildman–Crippen LogP) is 2.00. The summed E-state index contributed by atoms with van der Waals surface area (Å²) in [6, 6.07) is 0. The second-order valence-electron chi connectivity index (χ2n) is 1.90. The normalized spacial score (nSPS) is 12.1. The van der Waals surface area contributed by atoms with Crippen molar-refractivity contribution < 1.29 is 13.2 Å². The Bertz CT molecular complexity index is 246. The van der Waals surface area contributed by atoms with Gasteiger partial charge in [-0.05, 0) is 15.9 Å². The average molecular weight is 228 g/mol. The number of rotatable bonds is 0. The summed E-state index contributed by atoms with van der Waals surface area (Å²) < 4.78 is 36.7. The minimum absolute atomic E-state index is 0.160. The Labute approximate surface area is 69.1 Å². The molecule has 0 atom stereocenters. The summed E-state index contributed by atoms with van der Waals surface area (Å²) >= 11 is 2.69. The Kier molecular flexibility index (Phi) is 1.96. The van der Waals surface area contributed by atoms with Gasteiger partial charge in [0.25, 0.3) is 0 Å². The Morgan fingerprint density at radius 1 is 1.55 bits per heavy atom. The summed E-state index contributed by atoms with van der Waals surface area (Å²) in [5.41, 5.74) is -0.822. The van der Waals surface area contributed by atoms with Crippen molar-refractivity contribution in [3.63, 3.8) is 0 Å². The Balaban J connectivity index is 3.21. The van der Waals surface area contributed by atoms with E-state index in [9.17, 15) is 13.2 Å². The van der Waals surface area contributed by atoms with E-state index < -0.39 is 11.9 Å². The molecule has 0 aromatic carbocycles. The molecule has 0 spiro atoms. The molecule has 0 amide bonds. The van der Waals surface area contributed by atoms with E-state index in [0.29, 0.717) is 0 Å². The summed E-state index contributed by atoms with van der Waals surface area (Å²) in [5.74, 6) is 0. The van der Waals surface area contributed by atoms with Crippen molar-refractivity contribution >= 4 is 15.9 Å². The fourth-order valence-electron chi connectivity index (χ4n) is 0.672. The molecular formula is C5H3BrF3N2. The SMILES string of the molecule is Cn1n[c]c(Br)c1C(F)(F)F. The quantitative estimate of drug-likeness (QED) is 0.663. The van der Waals surface area contributed by atoms with E-state index in [1.807, 2.05) is 0 Å². The molecule has 0 unspecified atom stereocenters. The van der Waals surface area contributed by atoms with Crippen LogP contribution in [0.15, 0.2) is 4.47 Å². The van der Waals surface area contributed by atoms with E-state index in [1.54, 1.807) is 0 Å². The molecule has 2 nitrogen and oxygen atoms in total. The maximum atomic E-state index is 12.0. The molecule has 0 saturated heterocycles. The lowest BCUT2D eigenvalue weighted by Gasteiger charge is -2.06. The highest BCUT2D eigenvalue weighted by atomic mass is 79.9. The lowest BCUT2D eigenvalue weighted by molar-refractivity contribution is -0.144. The second-order valence-corrected chi connectivity index (χ2v) is 2.69. The molecule has 0 aliphatic rings. The van der Waals surface area contributed by atoms with E-state index >= 15 is 0 Å². The van der Waals surface area contributed by atoms with Gasteiger partial charge in [0, 0.05) is 7.05 Å². The highest BCUT2D eigenvalue weighted by Crippen LogP contribution is 2.33. The standard InChI is InChI=1S/C5H3BrF3N2/c1-11-4(5(7,8)9)3(6)2-10-11/h1H3. The number of hydrogen-bond donors (Lipinski definition) is 0. The molecule has 0 N–H and O–H groups in total. The van der Waals surface area contributed by atoms with E-state index in [-0.39, 0.29) is 4.47 Å². The van der Waals surface area contributed by atoms with Crippen molar-refractivity contribution in [2.75, 3.05) is 0 Å². The number of hydrogen-bond acceptors (Lipinski definition) is 1. The van der Waals surface area contributed by atoms with Gasteiger partial charge in [-0.1, -0.05) is 0 Å². The van der Waals surface area contributed by atoms with Gasteiger partial charge in [0.1, 0.15) is 6.20 Å². The van der Waals surface area contributed by atoms with Gasteiger partial charge < -0.3 is 0 Å². The molecule has 1 aromatic rings. The van der Waals surface area contributed by atoms with Crippen LogP contribution in [0, 0.1) is 6.20 Å². The van der Waals surface area contributed by atoms with Gasteiger partial charge in [-0.3, -0.25) is 4.68 Å². The van der Waals surface area contributed by atoms with E-state index in [2.05, 4.69) is 27.2 Å². The third kappa shape index (κ3) is 1.55. The topological polar surface area (TPSA) is 17.8 Å². The molecule has 0 aliphatic carbocycles. The number of halogens is 4. The largest absolute Gasteiger partial charge is 0.434 e. The van der Waals surface area contributed by atoms with Gasteiger partial charge in [-0.2, -0.15) is 18.3 Å². The van der Waals surface area contributed by atoms with Crippen LogP contribution in [0.3, 0.4) is 0 Å². The summed E-state index contributed by atoms with van der Waals surface area (Å²) in [4.78, 5) is 0. The van der Waals surface area contributed by atoms with Gasteiger partial charge in [-0.15, -0.1) is 0 Å². The fourth-order valence-corrected chi connectivity index (χ4v) is 1.23. The van der Waals surface area contributed by atoms with E-state index in [4.69, 9.17) is 0 Å². The predicted molar refractivity (Wildman–Crippen MR) is 34.7 cm³/mol. The zero-order valence-electron chi connectivity index (χ0n) is 5.41. The zero-order chi connectivity index (χ0) is 8.65. The molecule has 61 valence electrons. The van der Waals surface area contributed by atoms with Crippen LogP contribution in [0.25, 0.3) is 0 Å². The van der Waals surface area contributed by atoms with Crippen LogP contribution in [0.2, 0.25) is 0 Å². The van der Waals surface area contributed by atoms with Gasteiger partial charge in [0.2, 0.25) is 0 Å². The van der Waals surface area contributed by atoms with Crippen molar-refractivity contribution in [2.45, 2.75) is 6.18 Å². The van der Waals surface area contributed by atoms with Crippen molar-refractivity contribution in [3.8, 4) is 0 Å². The highest BCUT2D eigenvalue weighted by Gasteiger charge is 2.36. The minimum atomic E-state index is -4.37. The third-order valence-electron chi connectivity index (χ3n) is 1.10. The lowest BCUT2D eigenvalue weighted by Crippen LogP contribution is -2.12. The van der Waals surface area contributed by atoms with Gasteiger partial charge in [0.05, 0.1) is 4.47 Å². The molecule has 0 aliphatic heterocycles. The first kappa shape index (κ1) is 8.58. The summed E-state index contributed by atoms with van der Waals surface area (Å²) in [6.45, 7) is 0. The lowest BCUT2D eigenvalue weighted by atomic mass is 10.4. The van der Waals surface area contributed by atoms with Gasteiger partial charge in [-0.25, -0.2) is 0 Å². The van der Waals surface area contributed by atoms with Crippen molar-refractivity contribution in [3.05, 3.63) is 16.4 Å². The zero-order valence-corrected chi connectivity index (χ0v) is 6.99. The first-order valence-electron chi connectivity index (χ1n) is 2.60. The first-order valence-corrected chi connectivity index (χ1v) is 3.39. The maximum absolute atomic E-state index is 12.0. The molecule has 1 rings (SSSR count). The summed E-state index contributed by atoms with van der Waals surface area (Å²) in [7, 11) is 1.21. The fraction of sp³-hybridized carbons (Fsp3) is 0.400. The number of alkyl halides is 3. The van der Waals surface area contributed by atoms with Crippen LogP contribution in [0.4, 0.5) is 13.2 Å². The van der Waals surface area contributed by atoms with Crippen LogP contribution in [0.1, 0.15) is 5.69 Å². The van der Waals surface area contributed by atoms with Crippen molar-refractivity contribution in [1.82, 2.24) is 9.78 Å². The molecule has 1 heterocycles. The molecule has 6 heteroatoms. The minimum Gasteiger partial charge on any atom is -0.262 e. The van der Waals surface area contributed by atoms with Crippen LogP contribution in [0.5, 0.6) is 0 Å². The smallest absolute Gasteiger partial charge is 0.262 e. The number of aromatic nitrogens is 2. The molecule has 1 aromatic heterocycles. The highest BCUT2D eigenvalue weighted by molar-refractivity contribution is 9.10. The van der Waals surface area contributed by atoms with Crippen LogP contribution >= 0.6 is 15.9 Å². The van der Waals surface area contributed by atoms with Crippen LogP contribution in [-0.2, 0) is 13.2 Å². The molecule has 0 saturated carbocycles. The second kappa shape index (κ2) is 2.51. The monoisotopic (exact) mass is 227 g/mol. The molecular weight excluding hydrogens is 225 g/mol. The molecule has 0 fully saturated rings. The third-order valence-corrected chi connectivity index (χ3v) is 1.65.